The zero-order chi connectivity index (χ0) is 16.2. The van der Waals surface area contributed by atoms with Gasteiger partial charge in [0.25, 0.3) is 0 Å². The van der Waals surface area contributed by atoms with Crippen LogP contribution < -0.4 is 0 Å². The van der Waals surface area contributed by atoms with Crippen molar-refractivity contribution in [3.63, 3.8) is 0 Å². The maximum absolute atomic E-state index is 6.19. The number of nitrogens with zero attached hydrogens (tertiary/aromatic N) is 1. The van der Waals surface area contributed by atoms with Crippen molar-refractivity contribution in [1.82, 2.24) is 3.11 Å². The summed E-state index contributed by atoms with van der Waals surface area (Å²) in [4.78, 5) is 0. The predicted molar refractivity (Wildman–Crippen MR) is 103 cm³/mol. The number of benzene rings is 2. The molecule has 0 saturated carbocycles. The molecule has 1 fully saturated rings. The van der Waals surface area contributed by atoms with E-state index < -0.39 is 0 Å². The van der Waals surface area contributed by atoms with Gasteiger partial charge in [-0.1, -0.05) is 43.6 Å². The first-order valence-electron chi connectivity index (χ1n) is 7.96. The molecule has 2 heterocycles. The first kappa shape index (κ1) is 15.9. The van der Waals surface area contributed by atoms with Gasteiger partial charge in [-0.25, -0.2) is 3.11 Å². The van der Waals surface area contributed by atoms with E-state index in [1.54, 1.807) is 0 Å². The van der Waals surface area contributed by atoms with Crippen molar-refractivity contribution in [2.75, 3.05) is 13.1 Å². The molecule has 1 spiro atoms. The largest absolute Gasteiger partial charge is 0.363 e. The number of fused-ring (bicyclic) bond motifs is 2. The van der Waals surface area contributed by atoms with Crippen LogP contribution in [0.5, 0.6) is 0 Å². The van der Waals surface area contributed by atoms with Crippen LogP contribution in [0.2, 0.25) is 5.02 Å². The standard InChI is InChI=1S/C19H19ClINO/c1-12(2)17-8-15(20)4-5-16(17)13-3-6-18-14(7-13)9-23-19(18)10-22(21)11-19/h3-8,12H,9-11H2,1-2H3. The first-order chi connectivity index (χ1) is 11.0. The fourth-order valence-corrected chi connectivity index (χ4v) is 4.95. The predicted octanol–water partition coefficient (Wildman–Crippen LogP) is 5.52. The summed E-state index contributed by atoms with van der Waals surface area (Å²) >= 11 is 8.56. The quantitative estimate of drug-likeness (QED) is 0.451. The van der Waals surface area contributed by atoms with E-state index in [4.69, 9.17) is 16.3 Å². The lowest BCUT2D eigenvalue weighted by Gasteiger charge is -2.44. The van der Waals surface area contributed by atoms with Crippen molar-refractivity contribution in [2.24, 2.45) is 0 Å². The average molecular weight is 440 g/mol. The molecule has 0 N–H and O–H groups in total. The highest BCUT2D eigenvalue weighted by molar-refractivity contribution is 14.1. The molecule has 0 bridgehead atoms. The van der Waals surface area contributed by atoms with Gasteiger partial charge in [-0.2, -0.15) is 0 Å². The van der Waals surface area contributed by atoms with E-state index in [1.807, 2.05) is 6.07 Å². The second kappa shape index (κ2) is 5.73. The topological polar surface area (TPSA) is 12.5 Å². The number of rotatable bonds is 2. The summed E-state index contributed by atoms with van der Waals surface area (Å²) in [6.45, 7) is 7.11. The van der Waals surface area contributed by atoms with E-state index in [2.05, 4.69) is 70.2 Å². The molecule has 2 nitrogen and oxygen atoms in total. The van der Waals surface area contributed by atoms with Crippen molar-refractivity contribution in [3.8, 4) is 11.1 Å². The Labute approximate surface area is 156 Å². The van der Waals surface area contributed by atoms with E-state index in [-0.39, 0.29) is 5.60 Å². The molecule has 0 atom stereocenters. The molecule has 4 rings (SSSR count). The molecule has 0 radical (unpaired) electrons. The Bertz CT molecular complexity index is 768. The van der Waals surface area contributed by atoms with Gasteiger partial charge in [-0.3, -0.25) is 0 Å². The van der Waals surface area contributed by atoms with Gasteiger partial charge in [0, 0.05) is 41.0 Å². The molecular formula is C19H19ClINO. The lowest BCUT2D eigenvalue weighted by atomic mass is 9.85. The minimum absolute atomic E-state index is 0.0596. The van der Waals surface area contributed by atoms with Gasteiger partial charge in [0.15, 0.2) is 0 Å². The fourth-order valence-electron chi connectivity index (χ4n) is 3.66. The Morgan fingerprint density at radius 3 is 2.65 bits per heavy atom. The Morgan fingerprint density at radius 2 is 1.96 bits per heavy atom. The number of halogens is 2. The zero-order valence-corrected chi connectivity index (χ0v) is 16.2. The monoisotopic (exact) mass is 439 g/mol. The van der Waals surface area contributed by atoms with E-state index in [0.717, 1.165) is 24.7 Å². The highest BCUT2D eigenvalue weighted by Gasteiger charge is 2.49. The fraction of sp³-hybridized carbons (Fsp3) is 0.368. The van der Waals surface area contributed by atoms with Gasteiger partial charge in [0.05, 0.1) is 6.61 Å². The van der Waals surface area contributed by atoms with Crippen molar-refractivity contribution in [3.05, 3.63) is 58.1 Å². The molecule has 4 heteroatoms. The molecule has 2 aromatic rings. The lowest BCUT2D eigenvalue weighted by Crippen LogP contribution is -2.54. The lowest BCUT2D eigenvalue weighted by molar-refractivity contribution is -0.102. The summed E-state index contributed by atoms with van der Waals surface area (Å²) in [7, 11) is 0. The second-order valence-corrected chi connectivity index (χ2v) is 8.62. The molecule has 0 unspecified atom stereocenters. The van der Waals surface area contributed by atoms with Gasteiger partial charge in [-0.15, -0.1) is 0 Å². The molecule has 23 heavy (non-hydrogen) atoms. The van der Waals surface area contributed by atoms with E-state index in [9.17, 15) is 0 Å². The minimum Gasteiger partial charge on any atom is -0.363 e. The van der Waals surface area contributed by atoms with Crippen LogP contribution in [0, 0.1) is 0 Å². The first-order valence-corrected chi connectivity index (χ1v) is 9.31. The van der Waals surface area contributed by atoms with E-state index in [1.165, 1.54) is 27.8 Å². The van der Waals surface area contributed by atoms with Gasteiger partial charge in [0.2, 0.25) is 0 Å². The van der Waals surface area contributed by atoms with Crippen LogP contribution in [0.15, 0.2) is 36.4 Å². The van der Waals surface area contributed by atoms with Gasteiger partial charge >= 0.3 is 0 Å². The van der Waals surface area contributed by atoms with Crippen LogP contribution >= 0.6 is 34.5 Å². The summed E-state index contributed by atoms with van der Waals surface area (Å²) < 4.78 is 8.41. The smallest absolute Gasteiger partial charge is 0.121 e. The molecule has 2 aliphatic rings. The number of hydrogen-bond acceptors (Lipinski definition) is 2. The third kappa shape index (κ3) is 2.62. The van der Waals surface area contributed by atoms with Gasteiger partial charge in [-0.05, 0) is 51.9 Å². The third-order valence-corrected chi connectivity index (χ3v) is 5.82. The molecule has 1 saturated heterocycles. The van der Waals surface area contributed by atoms with Crippen LogP contribution in [0.1, 0.15) is 36.5 Å². The molecule has 2 aliphatic heterocycles. The summed E-state index contributed by atoms with van der Waals surface area (Å²) in [5.41, 5.74) is 6.47. The van der Waals surface area contributed by atoms with Crippen LogP contribution in [-0.4, -0.2) is 16.2 Å². The highest BCUT2D eigenvalue weighted by Crippen LogP contribution is 2.46. The van der Waals surface area contributed by atoms with Crippen molar-refractivity contribution < 1.29 is 4.74 Å². The van der Waals surface area contributed by atoms with Crippen LogP contribution in [0.25, 0.3) is 11.1 Å². The van der Waals surface area contributed by atoms with E-state index >= 15 is 0 Å². The van der Waals surface area contributed by atoms with Crippen LogP contribution in [0.3, 0.4) is 0 Å². The summed E-state index contributed by atoms with van der Waals surface area (Å²) in [6.07, 6.45) is 0. The van der Waals surface area contributed by atoms with Crippen molar-refractivity contribution in [2.45, 2.75) is 32.0 Å². The Kier molecular flexibility index (Phi) is 3.95. The van der Waals surface area contributed by atoms with Crippen molar-refractivity contribution in [1.29, 1.82) is 0 Å². The normalized spacial score (nSPS) is 19.2. The van der Waals surface area contributed by atoms with Crippen LogP contribution in [0.4, 0.5) is 0 Å². The molecule has 0 amide bonds. The minimum atomic E-state index is -0.0596. The Morgan fingerprint density at radius 1 is 1.17 bits per heavy atom. The summed E-state index contributed by atoms with van der Waals surface area (Å²) in [5.74, 6) is 0.443. The summed E-state index contributed by atoms with van der Waals surface area (Å²) in [5, 5.41) is 0.803. The molecule has 2 aromatic carbocycles. The second-order valence-electron chi connectivity index (χ2n) is 6.82. The summed E-state index contributed by atoms with van der Waals surface area (Å²) in [6, 6.07) is 13.0. The SMILES string of the molecule is CC(C)c1cc(Cl)ccc1-c1ccc2c(c1)COC21CN(I)C1. The maximum atomic E-state index is 6.19. The molecule has 120 valence electrons. The molecule has 0 aliphatic carbocycles. The van der Waals surface area contributed by atoms with E-state index in [0.29, 0.717) is 5.92 Å². The van der Waals surface area contributed by atoms with Gasteiger partial charge < -0.3 is 4.74 Å². The molecule has 0 aromatic heterocycles. The molecular weight excluding hydrogens is 421 g/mol. The number of ether oxygens (including phenoxy) is 1. The van der Waals surface area contributed by atoms with Crippen molar-refractivity contribution >= 4 is 34.5 Å². The Balaban J connectivity index is 1.76. The van der Waals surface area contributed by atoms with Gasteiger partial charge in [0.1, 0.15) is 5.60 Å². The third-order valence-electron chi connectivity index (χ3n) is 4.90. The zero-order valence-electron chi connectivity index (χ0n) is 13.3. The maximum Gasteiger partial charge on any atom is 0.121 e. The number of hydrogen-bond donors (Lipinski definition) is 0. The van der Waals surface area contributed by atoms with Crippen LogP contribution in [-0.2, 0) is 16.9 Å². The average Bonchev–Trinajstić information content (AvgIpc) is 2.86. The Hall–Kier alpha value is -0.620. The highest BCUT2D eigenvalue weighted by atomic mass is 127.